The molecule has 2 rings (SSSR count). The van der Waals surface area contributed by atoms with E-state index in [1.54, 1.807) is 0 Å². The van der Waals surface area contributed by atoms with Crippen LogP contribution in [0.2, 0.25) is 5.02 Å². The lowest BCUT2D eigenvalue weighted by molar-refractivity contribution is 0.252. The van der Waals surface area contributed by atoms with Crippen LogP contribution in [0, 0.1) is 0 Å². The van der Waals surface area contributed by atoms with Crippen LogP contribution in [0.5, 0.6) is 0 Å². The van der Waals surface area contributed by atoms with Crippen LogP contribution < -0.4 is 0 Å². The molecule has 1 aliphatic carbocycles. The molecule has 0 heterocycles. The molecule has 0 aliphatic heterocycles. The number of rotatable bonds is 3. The summed E-state index contributed by atoms with van der Waals surface area (Å²) in [4.78, 5) is 8.95. The van der Waals surface area contributed by atoms with Gasteiger partial charge in [0.1, 0.15) is 0 Å². The topological polar surface area (TPSA) is 18.8 Å². The van der Waals surface area contributed by atoms with Gasteiger partial charge in [-0.15, -0.1) is 0 Å². The van der Waals surface area contributed by atoms with Gasteiger partial charge in [0.2, 0.25) is 0 Å². The smallest absolute Gasteiger partial charge is 0.195 e. The first-order valence-electron chi connectivity index (χ1n) is 7.10. The molecule has 1 fully saturated rings. The standard InChI is InChI=1S/C16H24ClN3/c1-19(2)15(20(3)4)18-12-16(10-7-11-16)13-8-5-6-9-14(13)17/h5-6,8-9H,7,10-12H2,1-4H3. The minimum Gasteiger partial charge on any atom is -0.349 e. The van der Waals surface area contributed by atoms with Crippen molar-refractivity contribution in [2.75, 3.05) is 34.7 Å². The van der Waals surface area contributed by atoms with E-state index in [1.807, 2.05) is 40.3 Å². The summed E-state index contributed by atoms with van der Waals surface area (Å²) in [5, 5.41) is 0.874. The first-order chi connectivity index (χ1) is 9.46. The molecule has 0 spiro atoms. The third-order valence-electron chi connectivity index (χ3n) is 4.08. The van der Waals surface area contributed by atoms with Gasteiger partial charge in [0.05, 0.1) is 6.54 Å². The molecule has 1 aromatic rings. The highest BCUT2D eigenvalue weighted by molar-refractivity contribution is 6.31. The first-order valence-corrected chi connectivity index (χ1v) is 7.48. The predicted molar refractivity (Wildman–Crippen MR) is 86.7 cm³/mol. The summed E-state index contributed by atoms with van der Waals surface area (Å²) in [6, 6.07) is 8.21. The molecule has 0 amide bonds. The molecular formula is C16H24ClN3. The fourth-order valence-electron chi connectivity index (χ4n) is 2.91. The number of guanidine groups is 1. The average molecular weight is 294 g/mol. The molecule has 0 aromatic heterocycles. The largest absolute Gasteiger partial charge is 0.349 e. The zero-order valence-electron chi connectivity index (χ0n) is 12.9. The highest BCUT2D eigenvalue weighted by atomic mass is 35.5. The van der Waals surface area contributed by atoms with E-state index in [2.05, 4.69) is 21.9 Å². The number of aliphatic imine (C=N–C) groups is 1. The SMILES string of the molecule is CN(C)C(=NCC1(c2ccccc2Cl)CCC1)N(C)C. The minimum absolute atomic E-state index is 0.135. The van der Waals surface area contributed by atoms with Gasteiger partial charge in [0.25, 0.3) is 0 Å². The van der Waals surface area contributed by atoms with Crippen molar-refractivity contribution in [3.63, 3.8) is 0 Å². The van der Waals surface area contributed by atoms with Gasteiger partial charge in [-0.2, -0.15) is 0 Å². The van der Waals surface area contributed by atoms with E-state index < -0.39 is 0 Å². The Morgan fingerprint density at radius 3 is 2.20 bits per heavy atom. The van der Waals surface area contributed by atoms with Crippen LogP contribution in [0.4, 0.5) is 0 Å². The van der Waals surface area contributed by atoms with Crippen LogP contribution in [0.15, 0.2) is 29.3 Å². The molecule has 3 nitrogen and oxygen atoms in total. The lowest BCUT2D eigenvalue weighted by Crippen LogP contribution is -2.41. The molecule has 0 saturated heterocycles. The Morgan fingerprint density at radius 2 is 1.75 bits per heavy atom. The Hall–Kier alpha value is -1.22. The van der Waals surface area contributed by atoms with Gasteiger partial charge in [-0.1, -0.05) is 36.2 Å². The number of nitrogens with zero attached hydrogens (tertiary/aromatic N) is 3. The predicted octanol–water partition coefficient (Wildman–Crippen LogP) is 3.24. The molecule has 0 radical (unpaired) electrons. The van der Waals surface area contributed by atoms with E-state index in [0.29, 0.717) is 0 Å². The van der Waals surface area contributed by atoms with E-state index in [-0.39, 0.29) is 5.41 Å². The third-order valence-corrected chi connectivity index (χ3v) is 4.41. The van der Waals surface area contributed by atoms with Crippen molar-refractivity contribution in [2.24, 2.45) is 4.99 Å². The highest BCUT2D eigenvalue weighted by Crippen LogP contribution is 2.46. The Morgan fingerprint density at radius 1 is 1.15 bits per heavy atom. The molecule has 0 atom stereocenters. The number of halogens is 1. The van der Waals surface area contributed by atoms with Gasteiger partial charge in [-0.25, -0.2) is 0 Å². The molecule has 1 aliphatic rings. The van der Waals surface area contributed by atoms with E-state index in [4.69, 9.17) is 16.6 Å². The van der Waals surface area contributed by atoms with Gasteiger partial charge >= 0.3 is 0 Å². The Kier molecular flexibility index (Phi) is 4.59. The maximum Gasteiger partial charge on any atom is 0.195 e. The molecular weight excluding hydrogens is 270 g/mol. The quantitative estimate of drug-likeness (QED) is 0.629. The van der Waals surface area contributed by atoms with Gasteiger partial charge in [-0.3, -0.25) is 4.99 Å². The maximum absolute atomic E-state index is 6.39. The van der Waals surface area contributed by atoms with E-state index in [0.717, 1.165) is 17.5 Å². The molecule has 1 aromatic carbocycles. The zero-order chi connectivity index (χ0) is 14.8. The summed E-state index contributed by atoms with van der Waals surface area (Å²) < 4.78 is 0. The van der Waals surface area contributed by atoms with Crippen LogP contribution in [0.25, 0.3) is 0 Å². The number of benzene rings is 1. The van der Waals surface area contributed by atoms with Crippen LogP contribution in [-0.2, 0) is 5.41 Å². The van der Waals surface area contributed by atoms with Crippen molar-refractivity contribution in [3.8, 4) is 0 Å². The molecule has 1 saturated carbocycles. The van der Waals surface area contributed by atoms with E-state index in [9.17, 15) is 0 Å². The fourth-order valence-corrected chi connectivity index (χ4v) is 3.25. The molecule has 20 heavy (non-hydrogen) atoms. The summed E-state index contributed by atoms with van der Waals surface area (Å²) in [6.45, 7) is 0.808. The summed E-state index contributed by atoms with van der Waals surface area (Å²) in [5.41, 5.74) is 1.39. The van der Waals surface area contributed by atoms with Gasteiger partial charge in [0, 0.05) is 38.6 Å². The third kappa shape index (κ3) is 2.93. The molecule has 0 N–H and O–H groups in total. The summed E-state index contributed by atoms with van der Waals surface area (Å²) in [5.74, 6) is 1.00. The second kappa shape index (κ2) is 6.04. The Balaban J connectivity index is 2.25. The van der Waals surface area contributed by atoms with Crippen LogP contribution in [0.3, 0.4) is 0 Å². The summed E-state index contributed by atoms with van der Waals surface area (Å²) >= 11 is 6.39. The lowest BCUT2D eigenvalue weighted by Gasteiger charge is -2.42. The van der Waals surface area contributed by atoms with Crippen molar-refractivity contribution >= 4 is 17.6 Å². The molecule has 0 bridgehead atoms. The summed E-state index contributed by atoms with van der Waals surface area (Å²) in [6.07, 6.45) is 3.61. The van der Waals surface area contributed by atoms with Crippen molar-refractivity contribution in [2.45, 2.75) is 24.7 Å². The lowest BCUT2D eigenvalue weighted by atomic mass is 9.64. The van der Waals surface area contributed by atoms with Gasteiger partial charge in [-0.05, 0) is 24.5 Å². The Bertz CT molecular complexity index is 480. The minimum atomic E-state index is 0.135. The van der Waals surface area contributed by atoms with Crippen molar-refractivity contribution in [1.29, 1.82) is 0 Å². The second-order valence-corrected chi connectivity index (χ2v) is 6.43. The van der Waals surface area contributed by atoms with Gasteiger partial charge < -0.3 is 9.80 Å². The number of hydrogen-bond donors (Lipinski definition) is 0. The molecule has 0 unspecified atom stereocenters. The van der Waals surface area contributed by atoms with Crippen LogP contribution >= 0.6 is 11.6 Å². The maximum atomic E-state index is 6.39. The van der Waals surface area contributed by atoms with E-state index >= 15 is 0 Å². The summed E-state index contributed by atoms with van der Waals surface area (Å²) in [7, 11) is 8.12. The van der Waals surface area contributed by atoms with Gasteiger partial charge in [0.15, 0.2) is 5.96 Å². The number of hydrogen-bond acceptors (Lipinski definition) is 1. The van der Waals surface area contributed by atoms with Crippen molar-refractivity contribution in [1.82, 2.24) is 9.80 Å². The van der Waals surface area contributed by atoms with Crippen LogP contribution in [-0.4, -0.2) is 50.5 Å². The zero-order valence-corrected chi connectivity index (χ0v) is 13.6. The van der Waals surface area contributed by atoms with E-state index in [1.165, 1.54) is 24.8 Å². The highest BCUT2D eigenvalue weighted by Gasteiger charge is 2.40. The fraction of sp³-hybridized carbons (Fsp3) is 0.562. The van der Waals surface area contributed by atoms with Crippen LogP contribution in [0.1, 0.15) is 24.8 Å². The Labute approximate surface area is 127 Å². The monoisotopic (exact) mass is 293 g/mol. The average Bonchev–Trinajstić information content (AvgIpc) is 2.33. The molecule has 4 heteroatoms. The molecule has 110 valence electrons. The first kappa shape index (κ1) is 15.2. The normalized spacial score (nSPS) is 16.2. The van der Waals surface area contributed by atoms with Crippen molar-refractivity contribution < 1.29 is 0 Å². The van der Waals surface area contributed by atoms with Crippen molar-refractivity contribution in [3.05, 3.63) is 34.9 Å². The second-order valence-electron chi connectivity index (χ2n) is 6.02.